The van der Waals surface area contributed by atoms with Gasteiger partial charge in [-0.15, -0.1) is 0 Å². The van der Waals surface area contributed by atoms with Crippen LogP contribution in [0, 0.1) is 0 Å². The van der Waals surface area contributed by atoms with E-state index in [0.717, 1.165) is 17.1 Å². The van der Waals surface area contributed by atoms with Crippen LogP contribution in [-0.4, -0.2) is 0 Å². The van der Waals surface area contributed by atoms with Crippen LogP contribution in [0.2, 0.25) is 0 Å². The van der Waals surface area contributed by atoms with Crippen molar-refractivity contribution in [2.75, 3.05) is 4.90 Å². The molecule has 0 aliphatic heterocycles. The van der Waals surface area contributed by atoms with E-state index in [1.165, 1.54) is 99.8 Å². The fourth-order valence-electron chi connectivity index (χ4n) is 12.3. The first kappa shape index (κ1) is 33.1. The molecule has 0 N–H and O–H groups in total. The molecule has 10 aromatic rings. The summed E-state index contributed by atoms with van der Waals surface area (Å²) in [5.41, 5.74) is 23.8. The zero-order chi connectivity index (χ0) is 39.9. The number of benzene rings is 10. The van der Waals surface area contributed by atoms with Crippen molar-refractivity contribution in [2.24, 2.45) is 0 Å². The second-order valence-corrected chi connectivity index (χ2v) is 17.1. The third kappa shape index (κ3) is 4.02. The highest BCUT2D eigenvalue weighted by atomic mass is 15.1. The van der Waals surface area contributed by atoms with Crippen molar-refractivity contribution < 1.29 is 0 Å². The van der Waals surface area contributed by atoms with E-state index in [0.29, 0.717) is 0 Å². The highest BCUT2D eigenvalue weighted by Crippen LogP contribution is 2.66. The van der Waals surface area contributed by atoms with Crippen molar-refractivity contribution >= 4 is 27.8 Å². The largest absolute Gasteiger partial charge is 0.310 e. The molecule has 0 atom stereocenters. The lowest BCUT2D eigenvalue weighted by atomic mass is 9.69. The molecule has 4 aliphatic rings. The van der Waals surface area contributed by atoms with Gasteiger partial charge in [0, 0.05) is 17.1 Å². The summed E-state index contributed by atoms with van der Waals surface area (Å²) in [6, 6.07) is 84.6. The van der Waals surface area contributed by atoms with Gasteiger partial charge in [0.15, 0.2) is 0 Å². The predicted molar refractivity (Wildman–Crippen MR) is 251 cm³/mol. The number of nitrogens with zero attached hydrogens (tertiary/aromatic N) is 1. The van der Waals surface area contributed by atoms with Gasteiger partial charge in [-0.25, -0.2) is 0 Å². The van der Waals surface area contributed by atoms with E-state index in [1.54, 1.807) is 0 Å². The third-order valence-corrected chi connectivity index (χ3v) is 14.5. The quantitative estimate of drug-likeness (QED) is 0.173. The Hall–Kier alpha value is -7.74. The van der Waals surface area contributed by atoms with Gasteiger partial charge < -0.3 is 4.90 Å². The number of anilines is 3. The van der Waals surface area contributed by atoms with Crippen LogP contribution in [0.25, 0.3) is 55.3 Å². The van der Waals surface area contributed by atoms with Gasteiger partial charge in [0.2, 0.25) is 0 Å². The monoisotopic (exact) mass is 771 g/mol. The Kier molecular flexibility index (Phi) is 6.48. The van der Waals surface area contributed by atoms with E-state index < -0.39 is 10.8 Å². The molecular weight excluding hydrogens is 735 g/mol. The summed E-state index contributed by atoms with van der Waals surface area (Å²) in [5.74, 6) is 0. The zero-order valence-electron chi connectivity index (χ0n) is 33.3. The summed E-state index contributed by atoms with van der Waals surface area (Å²) in [5, 5.41) is 2.58. The molecule has 0 radical (unpaired) electrons. The Morgan fingerprint density at radius 1 is 0.246 bits per heavy atom. The van der Waals surface area contributed by atoms with Gasteiger partial charge in [-0.05, 0) is 136 Å². The molecule has 10 aromatic carbocycles. The Morgan fingerprint density at radius 2 is 0.623 bits per heavy atom. The lowest BCUT2D eigenvalue weighted by Crippen LogP contribution is -2.27. The minimum atomic E-state index is -0.488. The fourth-order valence-corrected chi connectivity index (χ4v) is 12.3. The molecule has 0 saturated carbocycles. The van der Waals surface area contributed by atoms with Gasteiger partial charge in [0.05, 0.1) is 10.8 Å². The minimum absolute atomic E-state index is 0.431. The predicted octanol–water partition coefficient (Wildman–Crippen LogP) is 15.0. The maximum Gasteiger partial charge on any atom is 0.0732 e. The summed E-state index contributed by atoms with van der Waals surface area (Å²) < 4.78 is 0. The van der Waals surface area contributed by atoms with Crippen molar-refractivity contribution in [1.29, 1.82) is 0 Å². The highest BCUT2D eigenvalue weighted by Gasteiger charge is 2.54. The molecule has 1 nitrogen and oxygen atoms in total. The lowest BCUT2D eigenvalue weighted by molar-refractivity contribution is 0.793. The molecule has 0 amide bonds. The minimum Gasteiger partial charge on any atom is -0.310 e. The molecule has 2 spiro atoms. The van der Waals surface area contributed by atoms with Crippen LogP contribution >= 0.6 is 0 Å². The Morgan fingerprint density at radius 3 is 1.15 bits per heavy atom. The summed E-state index contributed by atoms with van der Waals surface area (Å²) >= 11 is 0. The van der Waals surface area contributed by atoms with E-state index in [2.05, 4.69) is 229 Å². The first-order valence-corrected chi connectivity index (χ1v) is 21.4. The summed E-state index contributed by atoms with van der Waals surface area (Å²) in [6.45, 7) is 0. The van der Waals surface area contributed by atoms with Gasteiger partial charge in [-0.3, -0.25) is 0 Å². The third-order valence-electron chi connectivity index (χ3n) is 14.5. The Labute approximate surface area is 355 Å². The molecule has 4 aliphatic carbocycles. The molecule has 0 saturated heterocycles. The molecule has 0 aromatic heterocycles. The van der Waals surface area contributed by atoms with E-state index in [-0.39, 0.29) is 0 Å². The van der Waals surface area contributed by atoms with E-state index in [4.69, 9.17) is 0 Å². The van der Waals surface area contributed by atoms with Crippen LogP contribution in [0.4, 0.5) is 17.1 Å². The number of para-hydroxylation sites is 1. The molecular formula is C60H37N. The SMILES string of the molecule is c1ccc(N(c2ccc3c(c2)C2(c4ccccc4-c4ccccc42)c2ccccc2-3)c2ccc3c(c2)C2(c4ccccc4-c4ccccc42)c2c-3ccc3ccccc23)cc1. The molecule has 1 heteroatoms. The van der Waals surface area contributed by atoms with Crippen LogP contribution in [-0.2, 0) is 10.8 Å². The first-order valence-electron chi connectivity index (χ1n) is 21.4. The van der Waals surface area contributed by atoms with E-state index in [1.807, 2.05) is 0 Å². The maximum atomic E-state index is 2.52. The number of fused-ring (bicyclic) bond motifs is 22. The molecule has 14 rings (SSSR count). The van der Waals surface area contributed by atoms with Crippen molar-refractivity contribution in [3.05, 3.63) is 269 Å². The highest BCUT2D eigenvalue weighted by molar-refractivity contribution is 6.05. The summed E-state index contributed by atoms with van der Waals surface area (Å²) in [6.07, 6.45) is 0. The maximum absolute atomic E-state index is 2.52. The average Bonchev–Trinajstić information content (AvgIpc) is 4.01. The van der Waals surface area contributed by atoms with Gasteiger partial charge in [-0.1, -0.05) is 188 Å². The van der Waals surface area contributed by atoms with Crippen molar-refractivity contribution in [2.45, 2.75) is 10.8 Å². The van der Waals surface area contributed by atoms with Gasteiger partial charge in [0.25, 0.3) is 0 Å². The van der Waals surface area contributed by atoms with Gasteiger partial charge >= 0.3 is 0 Å². The van der Waals surface area contributed by atoms with Gasteiger partial charge in [0.1, 0.15) is 0 Å². The van der Waals surface area contributed by atoms with Gasteiger partial charge in [-0.2, -0.15) is 0 Å². The van der Waals surface area contributed by atoms with Crippen LogP contribution < -0.4 is 4.90 Å². The molecule has 0 unspecified atom stereocenters. The number of hydrogen-bond donors (Lipinski definition) is 0. The van der Waals surface area contributed by atoms with Crippen LogP contribution in [0.15, 0.2) is 224 Å². The first-order chi connectivity index (χ1) is 30.3. The number of rotatable bonds is 3. The van der Waals surface area contributed by atoms with E-state index in [9.17, 15) is 0 Å². The smallest absolute Gasteiger partial charge is 0.0732 e. The van der Waals surface area contributed by atoms with Crippen molar-refractivity contribution in [1.82, 2.24) is 0 Å². The van der Waals surface area contributed by atoms with Crippen LogP contribution in [0.3, 0.4) is 0 Å². The Balaban J connectivity index is 1.05. The topological polar surface area (TPSA) is 3.24 Å². The standard InChI is InChI=1S/C60H37N/c1-2-17-39(18-3-1)61(40-31-34-48-47-24-8-13-27-53(47)59(56(48)36-40)51-25-11-6-20-43(51)44-21-7-12-26-52(44)59)41-32-35-49-50-33-30-38-16-4-5-19-42(38)58(50)60(57(49)37-41)54-28-14-9-22-45(54)46-23-10-15-29-55(46)60/h1-37H. The van der Waals surface area contributed by atoms with Crippen molar-refractivity contribution in [3.63, 3.8) is 0 Å². The fraction of sp³-hybridized carbons (Fsp3) is 0.0333. The molecule has 0 heterocycles. The second-order valence-electron chi connectivity index (χ2n) is 17.1. The number of hydrogen-bond acceptors (Lipinski definition) is 1. The Bertz CT molecular complexity index is 3390. The van der Waals surface area contributed by atoms with Crippen LogP contribution in [0.1, 0.15) is 44.5 Å². The summed E-state index contributed by atoms with van der Waals surface area (Å²) in [4.78, 5) is 2.49. The zero-order valence-corrected chi connectivity index (χ0v) is 33.3. The lowest BCUT2D eigenvalue weighted by Gasteiger charge is -2.34. The molecule has 61 heavy (non-hydrogen) atoms. The van der Waals surface area contributed by atoms with Crippen LogP contribution in [0.5, 0.6) is 0 Å². The average molecular weight is 772 g/mol. The molecule has 0 bridgehead atoms. The summed E-state index contributed by atoms with van der Waals surface area (Å²) in [7, 11) is 0. The van der Waals surface area contributed by atoms with E-state index >= 15 is 0 Å². The second kappa shape index (κ2) is 11.9. The normalized spacial score (nSPS) is 14.5. The van der Waals surface area contributed by atoms with Crippen molar-refractivity contribution in [3.8, 4) is 44.5 Å². The molecule has 0 fully saturated rings. The molecule has 282 valence electrons.